The highest BCUT2D eigenvalue weighted by atomic mass is 16.7. The number of amides is 1. The van der Waals surface area contributed by atoms with Crippen LogP contribution < -0.4 is 10.1 Å². The zero-order chi connectivity index (χ0) is 24.0. The van der Waals surface area contributed by atoms with Crippen LogP contribution in [0.3, 0.4) is 0 Å². The average Bonchev–Trinajstić information content (AvgIpc) is 2.65. The second-order valence-electron chi connectivity index (χ2n) is 7.61. The van der Waals surface area contributed by atoms with E-state index in [2.05, 4.69) is 5.32 Å². The Kier molecular flexibility index (Phi) is 8.59. The molecule has 1 fully saturated rings. The van der Waals surface area contributed by atoms with Crippen LogP contribution in [0.5, 0.6) is 5.75 Å². The summed E-state index contributed by atoms with van der Waals surface area (Å²) in [7, 11) is 0. The van der Waals surface area contributed by atoms with Crippen LogP contribution in [0.15, 0.2) is 18.2 Å². The van der Waals surface area contributed by atoms with Crippen molar-refractivity contribution in [1.29, 1.82) is 0 Å². The standard InChI is InChI=1S/C22H29NO9/c1-11-7-8-17(12(2)9-11)31-22-19(23-13(3)24)21(30-16(6)27)20(29-15(5)26)18(32-22)10-28-14(4)25/h7-9,18-22H,10H2,1-6H3,(H,23,24). The largest absolute Gasteiger partial charge is 0.463 e. The molecule has 1 heterocycles. The number of esters is 3. The molecule has 176 valence electrons. The van der Waals surface area contributed by atoms with Gasteiger partial charge in [-0.1, -0.05) is 17.7 Å². The molecular formula is C22H29NO9. The number of ether oxygens (including phenoxy) is 5. The number of hydrogen-bond acceptors (Lipinski definition) is 9. The normalized spacial score (nSPS) is 24.8. The maximum atomic E-state index is 11.9. The van der Waals surface area contributed by atoms with E-state index in [-0.39, 0.29) is 6.61 Å². The smallest absolute Gasteiger partial charge is 0.303 e. The third kappa shape index (κ3) is 6.94. The number of hydrogen-bond donors (Lipinski definition) is 1. The first-order valence-corrected chi connectivity index (χ1v) is 10.1. The van der Waals surface area contributed by atoms with Crippen LogP contribution in [0.4, 0.5) is 0 Å². The number of rotatable bonds is 7. The summed E-state index contributed by atoms with van der Waals surface area (Å²) >= 11 is 0. The molecule has 32 heavy (non-hydrogen) atoms. The molecule has 10 heteroatoms. The maximum absolute atomic E-state index is 11.9. The molecule has 0 aromatic heterocycles. The number of benzene rings is 1. The van der Waals surface area contributed by atoms with Crippen molar-refractivity contribution < 1.29 is 42.9 Å². The highest BCUT2D eigenvalue weighted by Crippen LogP contribution is 2.30. The molecule has 2 rings (SSSR count). The van der Waals surface area contributed by atoms with Crippen molar-refractivity contribution in [2.24, 2.45) is 0 Å². The fraction of sp³-hybridized carbons (Fsp3) is 0.545. The van der Waals surface area contributed by atoms with Crippen molar-refractivity contribution in [3.63, 3.8) is 0 Å². The molecule has 1 saturated heterocycles. The quantitative estimate of drug-likeness (QED) is 0.483. The van der Waals surface area contributed by atoms with Gasteiger partial charge in [-0.25, -0.2) is 0 Å². The first-order valence-electron chi connectivity index (χ1n) is 10.1. The van der Waals surface area contributed by atoms with E-state index in [1.807, 2.05) is 26.0 Å². The fourth-order valence-electron chi connectivity index (χ4n) is 3.45. The predicted molar refractivity (Wildman–Crippen MR) is 111 cm³/mol. The van der Waals surface area contributed by atoms with Gasteiger partial charge in [0.05, 0.1) is 0 Å². The van der Waals surface area contributed by atoms with Gasteiger partial charge in [0.25, 0.3) is 0 Å². The van der Waals surface area contributed by atoms with E-state index in [9.17, 15) is 19.2 Å². The van der Waals surface area contributed by atoms with Crippen molar-refractivity contribution in [3.05, 3.63) is 29.3 Å². The Morgan fingerprint density at radius 2 is 1.56 bits per heavy atom. The van der Waals surface area contributed by atoms with Gasteiger partial charge in [-0.3, -0.25) is 19.2 Å². The molecule has 5 atom stereocenters. The summed E-state index contributed by atoms with van der Waals surface area (Å²) in [5, 5.41) is 2.66. The number of nitrogens with one attached hydrogen (secondary N) is 1. The van der Waals surface area contributed by atoms with Crippen molar-refractivity contribution in [2.75, 3.05) is 6.61 Å². The van der Waals surface area contributed by atoms with E-state index >= 15 is 0 Å². The summed E-state index contributed by atoms with van der Waals surface area (Å²) in [4.78, 5) is 46.9. The number of aryl methyl sites for hydroxylation is 2. The fourth-order valence-corrected chi connectivity index (χ4v) is 3.45. The lowest BCUT2D eigenvalue weighted by Gasteiger charge is -2.44. The molecule has 5 unspecified atom stereocenters. The molecule has 0 spiro atoms. The topological polar surface area (TPSA) is 126 Å². The second-order valence-corrected chi connectivity index (χ2v) is 7.61. The lowest BCUT2D eigenvalue weighted by molar-refractivity contribution is -0.257. The van der Waals surface area contributed by atoms with Crippen LogP contribution in [-0.2, 0) is 38.1 Å². The van der Waals surface area contributed by atoms with Gasteiger partial charge in [0.15, 0.2) is 12.2 Å². The number of carbonyl (C=O) groups excluding carboxylic acids is 4. The van der Waals surface area contributed by atoms with Crippen LogP contribution in [0.25, 0.3) is 0 Å². The van der Waals surface area contributed by atoms with E-state index < -0.39 is 54.5 Å². The lowest BCUT2D eigenvalue weighted by Crippen LogP contribution is -2.67. The molecule has 0 bridgehead atoms. The van der Waals surface area contributed by atoms with Gasteiger partial charge < -0.3 is 29.0 Å². The van der Waals surface area contributed by atoms with Crippen LogP contribution in [0.1, 0.15) is 38.8 Å². The van der Waals surface area contributed by atoms with Gasteiger partial charge in [-0.15, -0.1) is 0 Å². The van der Waals surface area contributed by atoms with Crippen molar-refractivity contribution in [1.82, 2.24) is 5.32 Å². The molecule has 1 aliphatic heterocycles. The van der Waals surface area contributed by atoms with Gasteiger partial charge in [0, 0.05) is 27.7 Å². The summed E-state index contributed by atoms with van der Waals surface area (Å²) in [6.07, 6.45) is -4.48. The van der Waals surface area contributed by atoms with Crippen molar-refractivity contribution >= 4 is 23.8 Å². The van der Waals surface area contributed by atoms with Crippen LogP contribution in [0, 0.1) is 13.8 Å². The third-order valence-electron chi connectivity index (χ3n) is 4.64. The Labute approximate surface area is 186 Å². The molecule has 1 amide bonds. The molecule has 1 aliphatic rings. The molecule has 1 N–H and O–H groups in total. The highest BCUT2D eigenvalue weighted by molar-refractivity contribution is 5.73. The summed E-state index contributed by atoms with van der Waals surface area (Å²) in [5.41, 5.74) is 1.84. The van der Waals surface area contributed by atoms with Gasteiger partial charge in [0.2, 0.25) is 12.2 Å². The SMILES string of the molecule is CC(=O)NC1C(Oc2ccc(C)cc2C)OC(COC(C)=O)C(OC(C)=O)C1OC(C)=O. The van der Waals surface area contributed by atoms with E-state index in [1.165, 1.54) is 27.7 Å². The van der Waals surface area contributed by atoms with Gasteiger partial charge >= 0.3 is 17.9 Å². The van der Waals surface area contributed by atoms with Crippen molar-refractivity contribution in [3.8, 4) is 5.75 Å². The molecular weight excluding hydrogens is 422 g/mol. The molecule has 0 radical (unpaired) electrons. The Morgan fingerprint density at radius 3 is 2.09 bits per heavy atom. The van der Waals surface area contributed by atoms with Crippen LogP contribution in [0.2, 0.25) is 0 Å². The van der Waals surface area contributed by atoms with E-state index in [0.29, 0.717) is 5.75 Å². The first kappa shape index (κ1) is 25.1. The Balaban J connectivity index is 2.47. The molecule has 0 saturated carbocycles. The average molecular weight is 451 g/mol. The lowest BCUT2D eigenvalue weighted by atomic mass is 9.96. The van der Waals surface area contributed by atoms with Gasteiger partial charge in [0.1, 0.15) is 24.5 Å². The zero-order valence-electron chi connectivity index (χ0n) is 19.0. The Bertz CT molecular complexity index is 869. The Morgan fingerprint density at radius 1 is 0.938 bits per heavy atom. The second kappa shape index (κ2) is 10.9. The first-order chi connectivity index (χ1) is 15.0. The molecule has 1 aromatic rings. The molecule has 1 aromatic carbocycles. The maximum Gasteiger partial charge on any atom is 0.303 e. The predicted octanol–water partition coefficient (Wildman–Crippen LogP) is 1.34. The molecule has 0 aliphatic carbocycles. The summed E-state index contributed by atoms with van der Waals surface area (Å²) in [6.45, 7) is 8.36. The van der Waals surface area contributed by atoms with E-state index in [0.717, 1.165) is 11.1 Å². The van der Waals surface area contributed by atoms with Gasteiger partial charge in [-0.2, -0.15) is 0 Å². The summed E-state index contributed by atoms with van der Waals surface area (Å²) in [6, 6.07) is 4.49. The summed E-state index contributed by atoms with van der Waals surface area (Å²) < 4.78 is 27.9. The van der Waals surface area contributed by atoms with E-state index in [4.69, 9.17) is 23.7 Å². The highest BCUT2D eigenvalue weighted by Gasteiger charge is 2.52. The van der Waals surface area contributed by atoms with E-state index in [1.54, 1.807) is 6.07 Å². The minimum atomic E-state index is -1.16. The monoisotopic (exact) mass is 451 g/mol. The molecule has 10 nitrogen and oxygen atoms in total. The zero-order valence-corrected chi connectivity index (χ0v) is 19.0. The Hall–Kier alpha value is -3.14. The third-order valence-corrected chi connectivity index (χ3v) is 4.64. The van der Waals surface area contributed by atoms with Crippen molar-refractivity contribution in [2.45, 2.75) is 72.2 Å². The minimum Gasteiger partial charge on any atom is -0.463 e. The minimum absolute atomic E-state index is 0.287. The van der Waals surface area contributed by atoms with Crippen LogP contribution >= 0.6 is 0 Å². The number of carbonyl (C=O) groups is 4. The van der Waals surface area contributed by atoms with Crippen LogP contribution in [-0.4, -0.2) is 61.1 Å². The van der Waals surface area contributed by atoms with Gasteiger partial charge in [-0.05, 0) is 25.5 Å². The summed E-state index contributed by atoms with van der Waals surface area (Å²) in [5.74, 6) is -1.87.